The third-order valence-electron chi connectivity index (χ3n) is 2.91. The highest BCUT2D eigenvalue weighted by molar-refractivity contribution is 6.32. The molecular weight excluding hydrogens is 290 g/mol. The Bertz CT molecular complexity index is 613. The smallest absolute Gasteiger partial charge is 0.238 e. The molecule has 2 aromatic heterocycles. The van der Waals surface area contributed by atoms with Gasteiger partial charge in [0.25, 0.3) is 0 Å². The molecule has 0 bridgehead atoms. The number of carbonyl (C=O) groups is 1. The second kappa shape index (κ2) is 7.19. The van der Waals surface area contributed by atoms with Gasteiger partial charge in [-0.2, -0.15) is 5.10 Å². The van der Waals surface area contributed by atoms with Gasteiger partial charge in [0.05, 0.1) is 18.4 Å². The number of rotatable bonds is 6. The fraction of sp³-hybridized carbons (Fsp3) is 0.357. The number of likely N-dealkylation sites (N-methyl/N-ethyl adjacent to an activating group) is 1. The van der Waals surface area contributed by atoms with Crippen LogP contribution in [0, 0.1) is 0 Å². The first-order valence-electron chi connectivity index (χ1n) is 6.68. The molecule has 0 fully saturated rings. The summed E-state index contributed by atoms with van der Waals surface area (Å²) in [6.45, 7) is 3.80. The van der Waals surface area contributed by atoms with Gasteiger partial charge in [-0.3, -0.25) is 14.4 Å². The van der Waals surface area contributed by atoms with E-state index in [9.17, 15) is 4.79 Å². The molecule has 0 atom stereocenters. The first-order chi connectivity index (χ1) is 10.1. The molecule has 0 spiro atoms. The van der Waals surface area contributed by atoms with Crippen molar-refractivity contribution in [2.75, 3.05) is 18.9 Å². The number of hydrogen-bond acceptors (Lipinski definition) is 4. The number of nitrogens with zero attached hydrogens (tertiary/aromatic N) is 4. The number of amides is 1. The van der Waals surface area contributed by atoms with Gasteiger partial charge in [-0.05, 0) is 26.1 Å². The summed E-state index contributed by atoms with van der Waals surface area (Å²) in [4.78, 5) is 17.8. The Morgan fingerprint density at radius 2 is 2.33 bits per heavy atom. The first-order valence-corrected chi connectivity index (χ1v) is 7.06. The molecule has 0 radical (unpaired) electrons. The fourth-order valence-electron chi connectivity index (χ4n) is 1.94. The summed E-state index contributed by atoms with van der Waals surface area (Å²) in [7, 11) is 1.88. The minimum Gasteiger partial charge on any atom is -0.322 e. The molecule has 6 nitrogen and oxygen atoms in total. The number of halogens is 1. The monoisotopic (exact) mass is 307 g/mol. The molecule has 1 amide bonds. The molecule has 0 unspecified atom stereocenters. The number of anilines is 1. The van der Waals surface area contributed by atoms with E-state index >= 15 is 0 Å². The van der Waals surface area contributed by atoms with E-state index in [1.54, 1.807) is 18.3 Å². The maximum atomic E-state index is 12.0. The highest BCUT2D eigenvalue weighted by Gasteiger charge is 2.10. The van der Waals surface area contributed by atoms with Gasteiger partial charge in [0.15, 0.2) is 5.15 Å². The number of nitrogens with one attached hydrogen (secondary N) is 1. The highest BCUT2D eigenvalue weighted by atomic mass is 35.5. The Morgan fingerprint density at radius 3 is 3.00 bits per heavy atom. The van der Waals surface area contributed by atoms with Gasteiger partial charge in [0.1, 0.15) is 0 Å². The Morgan fingerprint density at radius 1 is 1.52 bits per heavy atom. The largest absolute Gasteiger partial charge is 0.322 e. The number of aromatic nitrogens is 3. The van der Waals surface area contributed by atoms with Crippen LogP contribution in [0.2, 0.25) is 5.15 Å². The Labute approximate surface area is 128 Å². The molecule has 0 saturated carbocycles. The lowest BCUT2D eigenvalue weighted by Crippen LogP contribution is -2.29. The van der Waals surface area contributed by atoms with Gasteiger partial charge in [0, 0.05) is 31.0 Å². The van der Waals surface area contributed by atoms with Crippen LogP contribution in [-0.4, -0.2) is 39.2 Å². The van der Waals surface area contributed by atoms with E-state index < -0.39 is 0 Å². The van der Waals surface area contributed by atoms with Crippen molar-refractivity contribution in [3.63, 3.8) is 0 Å². The molecule has 0 aliphatic carbocycles. The van der Waals surface area contributed by atoms with Crippen molar-refractivity contribution in [2.45, 2.75) is 20.0 Å². The summed E-state index contributed by atoms with van der Waals surface area (Å²) < 4.78 is 1.86. The third-order valence-corrected chi connectivity index (χ3v) is 3.21. The van der Waals surface area contributed by atoms with Crippen LogP contribution >= 0.6 is 11.6 Å². The van der Waals surface area contributed by atoms with Crippen molar-refractivity contribution < 1.29 is 4.79 Å². The quantitative estimate of drug-likeness (QED) is 0.829. The van der Waals surface area contributed by atoms with Crippen LogP contribution in [-0.2, 0) is 17.9 Å². The second-order valence-electron chi connectivity index (χ2n) is 4.77. The van der Waals surface area contributed by atoms with Crippen LogP contribution in [0.3, 0.4) is 0 Å². The molecule has 2 rings (SSSR count). The molecule has 0 aromatic carbocycles. The lowest BCUT2D eigenvalue weighted by atomic mass is 10.3. The summed E-state index contributed by atoms with van der Waals surface area (Å²) in [5.41, 5.74) is 1.60. The lowest BCUT2D eigenvalue weighted by molar-refractivity contribution is -0.117. The lowest BCUT2D eigenvalue weighted by Gasteiger charge is -2.15. The van der Waals surface area contributed by atoms with Crippen molar-refractivity contribution in [3.8, 4) is 0 Å². The van der Waals surface area contributed by atoms with Crippen LogP contribution in [0.25, 0.3) is 0 Å². The molecule has 2 aromatic rings. The van der Waals surface area contributed by atoms with Crippen molar-refractivity contribution in [3.05, 3.63) is 41.4 Å². The van der Waals surface area contributed by atoms with E-state index in [0.717, 1.165) is 12.1 Å². The molecule has 1 N–H and O–H groups in total. The minimum absolute atomic E-state index is 0.129. The number of carbonyl (C=O) groups excluding carboxylic acids is 1. The molecule has 0 aliphatic heterocycles. The van der Waals surface area contributed by atoms with Crippen molar-refractivity contribution in [1.82, 2.24) is 19.7 Å². The van der Waals surface area contributed by atoms with Crippen molar-refractivity contribution in [2.24, 2.45) is 0 Å². The van der Waals surface area contributed by atoms with Crippen molar-refractivity contribution >= 4 is 23.2 Å². The number of hydrogen-bond donors (Lipinski definition) is 1. The normalized spacial score (nSPS) is 10.9. The van der Waals surface area contributed by atoms with Crippen LogP contribution in [0.15, 0.2) is 30.7 Å². The average Bonchev–Trinajstić information content (AvgIpc) is 2.88. The van der Waals surface area contributed by atoms with E-state index in [0.29, 0.717) is 12.2 Å². The summed E-state index contributed by atoms with van der Waals surface area (Å²) in [6, 6.07) is 3.45. The second-order valence-corrected chi connectivity index (χ2v) is 5.12. The van der Waals surface area contributed by atoms with E-state index in [2.05, 4.69) is 15.4 Å². The molecule has 112 valence electrons. The van der Waals surface area contributed by atoms with Crippen LogP contribution < -0.4 is 5.32 Å². The van der Waals surface area contributed by atoms with Gasteiger partial charge < -0.3 is 5.32 Å². The maximum Gasteiger partial charge on any atom is 0.238 e. The molecular formula is C14H18ClN5O. The van der Waals surface area contributed by atoms with E-state index in [1.165, 1.54) is 0 Å². The van der Waals surface area contributed by atoms with Crippen LogP contribution in [0.4, 0.5) is 5.69 Å². The molecule has 0 aliphatic rings. The van der Waals surface area contributed by atoms with Crippen LogP contribution in [0.1, 0.15) is 12.5 Å². The number of pyridine rings is 1. The average molecular weight is 308 g/mol. The molecule has 2 heterocycles. The van der Waals surface area contributed by atoms with E-state index in [-0.39, 0.29) is 17.6 Å². The van der Waals surface area contributed by atoms with Crippen molar-refractivity contribution in [1.29, 1.82) is 0 Å². The van der Waals surface area contributed by atoms with Crippen LogP contribution in [0.5, 0.6) is 0 Å². The van der Waals surface area contributed by atoms with Gasteiger partial charge in [-0.1, -0.05) is 11.6 Å². The molecule has 0 saturated heterocycles. The van der Waals surface area contributed by atoms with Gasteiger partial charge in [-0.25, -0.2) is 4.98 Å². The zero-order chi connectivity index (χ0) is 15.2. The number of aryl methyl sites for hydroxylation is 1. The summed E-state index contributed by atoms with van der Waals surface area (Å²) in [6.07, 6.45) is 5.37. The Hall–Kier alpha value is -1.92. The zero-order valence-corrected chi connectivity index (χ0v) is 12.8. The minimum atomic E-state index is -0.129. The Balaban J connectivity index is 1.86. The highest BCUT2D eigenvalue weighted by Crippen LogP contribution is 2.17. The summed E-state index contributed by atoms with van der Waals surface area (Å²) in [5.74, 6) is -0.129. The van der Waals surface area contributed by atoms with Gasteiger partial charge in [-0.15, -0.1) is 0 Å². The molecule has 21 heavy (non-hydrogen) atoms. The topological polar surface area (TPSA) is 63.1 Å². The zero-order valence-electron chi connectivity index (χ0n) is 12.1. The van der Waals surface area contributed by atoms with Gasteiger partial charge in [0.2, 0.25) is 5.91 Å². The Kier molecular flexibility index (Phi) is 5.30. The predicted molar refractivity (Wildman–Crippen MR) is 82.1 cm³/mol. The first kappa shape index (κ1) is 15.5. The standard InChI is InChI=1S/C14H18ClN5O/c1-3-20-9-11(7-17-20)8-19(2)10-13(21)18-12-5-4-6-16-14(12)15/h4-7,9H,3,8,10H2,1-2H3,(H,18,21). The maximum absolute atomic E-state index is 12.0. The van der Waals surface area contributed by atoms with Gasteiger partial charge >= 0.3 is 0 Å². The SMILES string of the molecule is CCn1cc(CN(C)CC(=O)Nc2cccnc2Cl)cn1. The summed E-state index contributed by atoms with van der Waals surface area (Å²) >= 11 is 5.90. The fourth-order valence-corrected chi connectivity index (χ4v) is 2.11. The summed E-state index contributed by atoms with van der Waals surface area (Å²) in [5, 5.41) is 7.25. The molecule has 7 heteroatoms. The van der Waals surface area contributed by atoms with E-state index in [4.69, 9.17) is 11.6 Å². The third kappa shape index (κ3) is 4.54. The van der Waals surface area contributed by atoms with E-state index in [1.807, 2.05) is 35.9 Å². The predicted octanol–water partition coefficient (Wildman–Crippen LogP) is 2.02.